The number of hydrogen-bond acceptors (Lipinski definition) is 5. The average Bonchev–Trinajstić information content (AvgIpc) is 2.70. The number of morpholine rings is 1. The van der Waals surface area contributed by atoms with E-state index in [2.05, 4.69) is 15.3 Å². The van der Waals surface area contributed by atoms with Crippen LogP contribution in [0.3, 0.4) is 0 Å². The lowest BCUT2D eigenvalue weighted by Gasteiger charge is -2.30. The molecule has 2 N–H and O–H groups in total. The first-order valence-corrected chi connectivity index (χ1v) is 9.25. The highest BCUT2D eigenvalue weighted by Crippen LogP contribution is 2.22. The molecule has 9 heteroatoms. The number of ether oxygens (including phenoxy) is 1. The Bertz CT molecular complexity index is 910. The molecule has 142 valence electrons. The van der Waals surface area contributed by atoms with Crippen molar-refractivity contribution in [1.29, 1.82) is 0 Å². The number of aromatic nitrogens is 2. The number of aromatic amines is 1. The fourth-order valence-corrected chi connectivity index (χ4v) is 3.45. The molecule has 0 spiro atoms. The Morgan fingerprint density at radius 2 is 2.00 bits per heavy atom. The third-order valence-electron chi connectivity index (χ3n) is 4.77. The summed E-state index contributed by atoms with van der Waals surface area (Å²) < 4.78 is 5.34. The van der Waals surface area contributed by atoms with E-state index < -0.39 is 0 Å². The summed E-state index contributed by atoms with van der Waals surface area (Å²) in [6, 6.07) is 6.76. The van der Waals surface area contributed by atoms with Gasteiger partial charge in [0.15, 0.2) is 0 Å². The first-order chi connectivity index (χ1) is 13.1. The summed E-state index contributed by atoms with van der Waals surface area (Å²) in [5.41, 5.74) is 1.64. The molecule has 1 saturated heterocycles. The Kier molecular flexibility index (Phi) is 5.00. The minimum atomic E-state index is -0.287. The van der Waals surface area contributed by atoms with Gasteiger partial charge < -0.3 is 19.9 Å². The number of para-hydroxylation sites is 1. The van der Waals surface area contributed by atoms with E-state index in [1.807, 2.05) is 4.90 Å². The number of rotatable bonds is 2. The second-order valence-corrected chi connectivity index (χ2v) is 6.90. The fraction of sp³-hybridized carbons (Fsp3) is 0.389. The van der Waals surface area contributed by atoms with Gasteiger partial charge in [0, 0.05) is 26.1 Å². The van der Waals surface area contributed by atoms with Gasteiger partial charge in [-0.05, 0) is 12.1 Å². The number of amides is 2. The molecule has 3 heterocycles. The third kappa shape index (κ3) is 3.77. The molecule has 8 nitrogen and oxygen atoms in total. The summed E-state index contributed by atoms with van der Waals surface area (Å²) in [5, 5.41) is 3.26. The molecule has 0 radical (unpaired) electrons. The molecule has 0 atom stereocenters. The minimum absolute atomic E-state index is 0.197. The maximum absolute atomic E-state index is 12.6. The summed E-state index contributed by atoms with van der Waals surface area (Å²) in [4.78, 5) is 36.2. The van der Waals surface area contributed by atoms with Crippen LogP contribution in [0.5, 0.6) is 0 Å². The van der Waals surface area contributed by atoms with Crippen LogP contribution in [-0.2, 0) is 17.7 Å². The molecule has 2 aliphatic heterocycles. The summed E-state index contributed by atoms with van der Waals surface area (Å²) in [6.07, 6.45) is 0.534. The van der Waals surface area contributed by atoms with Crippen LogP contribution in [0.15, 0.2) is 29.1 Å². The minimum Gasteiger partial charge on any atom is -0.378 e. The van der Waals surface area contributed by atoms with Gasteiger partial charge in [-0.25, -0.2) is 9.78 Å². The van der Waals surface area contributed by atoms with Gasteiger partial charge in [0.05, 0.1) is 41.7 Å². The van der Waals surface area contributed by atoms with Gasteiger partial charge in [-0.2, -0.15) is 0 Å². The zero-order valence-electron chi connectivity index (χ0n) is 14.7. The Hall–Kier alpha value is -2.58. The summed E-state index contributed by atoms with van der Waals surface area (Å²) in [6.45, 7) is 3.36. The van der Waals surface area contributed by atoms with Crippen molar-refractivity contribution in [1.82, 2.24) is 14.9 Å². The van der Waals surface area contributed by atoms with Crippen LogP contribution in [0, 0.1) is 0 Å². The zero-order valence-corrected chi connectivity index (χ0v) is 15.5. The van der Waals surface area contributed by atoms with E-state index in [0.717, 1.165) is 5.69 Å². The van der Waals surface area contributed by atoms with Gasteiger partial charge in [0.1, 0.15) is 0 Å². The van der Waals surface area contributed by atoms with Gasteiger partial charge in [0.25, 0.3) is 5.56 Å². The zero-order chi connectivity index (χ0) is 18.8. The number of hydrogen-bond donors (Lipinski definition) is 2. The van der Waals surface area contributed by atoms with E-state index in [1.165, 1.54) is 0 Å². The number of halogens is 1. The highest BCUT2D eigenvalue weighted by Gasteiger charge is 2.26. The van der Waals surface area contributed by atoms with Gasteiger partial charge >= 0.3 is 6.03 Å². The first kappa shape index (κ1) is 17.8. The molecule has 0 aliphatic carbocycles. The number of carbonyl (C=O) groups excluding carboxylic acids is 1. The number of H-pyrrole nitrogens is 1. The van der Waals surface area contributed by atoms with Crippen LogP contribution in [0.2, 0.25) is 5.02 Å². The van der Waals surface area contributed by atoms with Crippen molar-refractivity contribution in [3.63, 3.8) is 0 Å². The van der Waals surface area contributed by atoms with Gasteiger partial charge in [0.2, 0.25) is 5.95 Å². The summed E-state index contributed by atoms with van der Waals surface area (Å²) >= 11 is 6.09. The van der Waals surface area contributed by atoms with Crippen LogP contribution >= 0.6 is 11.6 Å². The molecule has 2 amide bonds. The molecule has 2 aliphatic rings. The number of fused-ring (bicyclic) bond motifs is 1. The number of carbonyl (C=O) groups is 1. The monoisotopic (exact) mass is 389 g/mol. The maximum atomic E-state index is 12.6. The van der Waals surface area contributed by atoms with E-state index in [-0.39, 0.29) is 18.1 Å². The predicted octanol–water partition coefficient (Wildman–Crippen LogP) is 1.85. The fourth-order valence-electron chi connectivity index (χ4n) is 3.27. The standard InChI is InChI=1S/C18H20ClN5O3/c19-13-3-1-2-4-15(13)21-18(26)24-6-5-14-12(11-24)16(25)22-17(20-14)23-7-9-27-10-8-23/h1-4H,5-11H2,(H,21,26)(H,20,22,25). The second kappa shape index (κ2) is 7.58. The predicted molar refractivity (Wildman–Crippen MR) is 102 cm³/mol. The first-order valence-electron chi connectivity index (χ1n) is 8.87. The molecule has 0 bridgehead atoms. The molecule has 4 rings (SSSR count). The van der Waals surface area contributed by atoms with Crippen molar-refractivity contribution in [2.24, 2.45) is 0 Å². The lowest BCUT2D eigenvalue weighted by Crippen LogP contribution is -2.43. The van der Waals surface area contributed by atoms with Crippen LogP contribution in [0.4, 0.5) is 16.4 Å². The van der Waals surface area contributed by atoms with Gasteiger partial charge in [-0.3, -0.25) is 9.78 Å². The van der Waals surface area contributed by atoms with Crippen molar-refractivity contribution < 1.29 is 9.53 Å². The van der Waals surface area contributed by atoms with Crippen LogP contribution in [0.25, 0.3) is 0 Å². The largest absolute Gasteiger partial charge is 0.378 e. The van der Waals surface area contributed by atoms with Crippen molar-refractivity contribution in [2.75, 3.05) is 43.1 Å². The number of nitrogens with one attached hydrogen (secondary N) is 2. The van der Waals surface area contributed by atoms with E-state index in [0.29, 0.717) is 61.5 Å². The molecule has 0 unspecified atom stereocenters. The Morgan fingerprint density at radius 3 is 2.78 bits per heavy atom. The molecular weight excluding hydrogens is 370 g/mol. The van der Waals surface area contributed by atoms with Gasteiger partial charge in [-0.1, -0.05) is 23.7 Å². The average molecular weight is 390 g/mol. The highest BCUT2D eigenvalue weighted by molar-refractivity contribution is 6.33. The van der Waals surface area contributed by atoms with Crippen LogP contribution in [0.1, 0.15) is 11.3 Å². The van der Waals surface area contributed by atoms with E-state index in [9.17, 15) is 9.59 Å². The van der Waals surface area contributed by atoms with Crippen molar-refractivity contribution >= 4 is 29.3 Å². The molecule has 1 aromatic carbocycles. The molecular formula is C18H20ClN5O3. The highest BCUT2D eigenvalue weighted by atomic mass is 35.5. The van der Waals surface area contributed by atoms with E-state index in [1.54, 1.807) is 29.2 Å². The Balaban J connectivity index is 1.50. The van der Waals surface area contributed by atoms with Gasteiger partial charge in [-0.15, -0.1) is 0 Å². The van der Waals surface area contributed by atoms with Crippen molar-refractivity contribution in [2.45, 2.75) is 13.0 Å². The Morgan fingerprint density at radius 1 is 1.22 bits per heavy atom. The van der Waals surface area contributed by atoms with E-state index in [4.69, 9.17) is 16.3 Å². The number of urea groups is 1. The lowest BCUT2D eigenvalue weighted by molar-refractivity contribution is 0.122. The van der Waals surface area contributed by atoms with Crippen molar-refractivity contribution in [3.05, 3.63) is 50.9 Å². The Labute approximate surface area is 161 Å². The molecule has 0 saturated carbocycles. The van der Waals surface area contributed by atoms with Crippen molar-refractivity contribution in [3.8, 4) is 0 Å². The maximum Gasteiger partial charge on any atom is 0.322 e. The number of anilines is 2. The summed E-state index contributed by atoms with van der Waals surface area (Å²) in [5.74, 6) is 0.580. The quantitative estimate of drug-likeness (QED) is 0.818. The third-order valence-corrected chi connectivity index (χ3v) is 5.10. The SMILES string of the molecule is O=C(Nc1ccccc1Cl)N1CCc2nc(N3CCOCC3)[nH]c(=O)c2C1. The number of nitrogens with zero attached hydrogens (tertiary/aromatic N) is 3. The normalized spacial score (nSPS) is 16.8. The molecule has 2 aromatic rings. The molecule has 27 heavy (non-hydrogen) atoms. The topological polar surface area (TPSA) is 90.6 Å². The summed E-state index contributed by atoms with van der Waals surface area (Å²) in [7, 11) is 0. The van der Waals surface area contributed by atoms with Crippen LogP contribution in [-0.4, -0.2) is 53.7 Å². The number of benzene rings is 1. The van der Waals surface area contributed by atoms with E-state index >= 15 is 0 Å². The molecule has 1 fully saturated rings. The lowest BCUT2D eigenvalue weighted by atomic mass is 10.1. The molecule has 1 aromatic heterocycles. The van der Waals surface area contributed by atoms with Crippen LogP contribution < -0.4 is 15.8 Å². The smallest absolute Gasteiger partial charge is 0.322 e. The second-order valence-electron chi connectivity index (χ2n) is 6.50.